The normalized spacial score (nSPS) is 11.7. The van der Waals surface area contributed by atoms with E-state index in [9.17, 15) is 0 Å². The van der Waals surface area contributed by atoms with Gasteiger partial charge in [0, 0.05) is 6.20 Å². The van der Waals surface area contributed by atoms with Crippen molar-refractivity contribution in [1.82, 2.24) is 4.98 Å². The second-order valence-corrected chi connectivity index (χ2v) is 3.35. The van der Waals surface area contributed by atoms with Crippen LogP contribution in [0.3, 0.4) is 0 Å². The summed E-state index contributed by atoms with van der Waals surface area (Å²) in [7, 11) is 0. The third kappa shape index (κ3) is 2.70. The number of allylic oxidation sites excluding steroid dienone is 1. The fourth-order valence-electron chi connectivity index (χ4n) is 1.35. The molecule has 0 fully saturated rings. The second-order valence-electron chi connectivity index (χ2n) is 3.35. The zero-order valence-corrected chi connectivity index (χ0v) is 8.40. The number of aromatic nitrogens is 1. The molecule has 1 unspecified atom stereocenters. The molecular weight excluding hydrogens is 172 g/mol. The van der Waals surface area contributed by atoms with Crippen LogP contribution in [-0.2, 0) is 0 Å². The maximum absolute atomic E-state index is 8.69. The van der Waals surface area contributed by atoms with Crippen molar-refractivity contribution in [2.75, 3.05) is 0 Å². The quantitative estimate of drug-likeness (QED) is 0.678. The van der Waals surface area contributed by atoms with Crippen molar-refractivity contribution in [1.29, 1.82) is 5.26 Å². The van der Waals surface area contributed by atoms with Gasteiger partial charge < -0.3 is 0 Å². The zero-order chi connectivity index (χ0) is 10.4. The van der Waals surface area contributed by atoms with E-state index in [0.29, 0.717) is 11.6 Å². The predicted octanol–water partition coefficient (Wildman–Crippen LogP) is 3.02. The molecule has 1 rings (SSSR count). The van der Waals surface area contributed by atoms with E-state index in [4.69, 9.17) is 5.26 Å². The van der Waals surface area contributed by atoms with Crippen LogP contribution < -0.4 is 0 Å². The summed E-state index contributed by atoms with van der Waals surface area (Å²) in [6.07, 6.45) is 5.69. The first-order chi connectivity index (χ1) is 6.77. The highest BCUT2D eigenvalue weighted by molar-refractivity contribution is 5.27. The SMILES string of the molecule is C=CCCC(C)c1ccnc(C#N)c1. The van der Waals surface area contributed by atoms with Gasteiger partial charge in [-0.2, -0.15) is 5.26 Å². The fraction of sp³-hybridized carbons (Fsp3) is 0.333. The molecule has 0 aliphatic carbocycles. The Bertz CT molecular complexity index is 350. The van der Waals surface area contributed by atoms with Crippen LogP contribution in [0.25, 0.3) is 0 Å². The molecule has 0 aromatic carbocycles. The maximum Gasteiger partial charge on any atom is 0.140 e. The van der Waals surface area contributed by atoms with E-state index in [0.717, 1.165) is 12.8 Å². The Morgan fingerprint density at radius 3 is 3.14 bits per heavy atom. The topological polar surface area (TPSA) is 36.7 Å². The lowest BCUT2D eigenvalue weighted by atomic mass is 9.97. The summed E-state index contributed by atoms with van der Waals surface area (Å²) in [5.41, 5.74) is 1.67. The van der Waals surface area contributed by atoms with Crippen LogP contribution in [0.2, 0.25) is 0 Å². The zero-order valence-electron chi connectivity index (χ0n) is 8.40. The molecule has 0 saturated heterocycles. The largest absolute Gasteiger partial charge is 0.246 e. The Morgan fingerprint density at radius 2 is 2.50 bits per heavy atom. The number of rotatable bonds is 4. The molecule has 0 aliphatic heterocycles. The Hall–Kier alpha value is -1.62. The molecule has 2 nitrogen and oxygen atoms in total. The molecule has 1 heterocycles. The van der Waals surface area contributed by atoms with Crippen molar-refractivity contribution in [2.45, 2.75) is 25.7 Å². The first kappa shape index (κ1) is 10.5. The number of nitrogens with zero attached hydrogens (tertiary/aromatic N) is 2. The van der Waals surface area contributed by atoms with Crippen LogP contribution in [0.5, 0.6) is 0 Å². The van der Waals surface area contributed by atoms with Crippen molar-refractivity contribution in [2.24, 2.45) is 0 Å². The van der Waals surface area contributed by atoms with Crippen LogP contribution in [0.15, 0.2) is 31.0 Å². The van der Waals surface area contributed by atoms with Gasteiger partial charge in [0.05, 0.1) is 0 Å². The van der Waals surface area contributed by atoms with E-state index >= 15 is 0 Å². The van der Waals surface area contributed by atoms with Crippen LogP contribution >= 0.6 is 0 Å². The van der Waals surface area contributed by atoms with Crippen molar-refractivity contribution >= 4 is 0 Å². The number of hydrogen-bond acceptors (Lipinski definition) is 2. The molecule has 2 heteroatoms. The third-order valence-electron chi connectivity index (χ3n) is 2.27. The molecule has 1 atom stereocenters. The summed E-state index contributed by atoms with van der Waals surface area (Å²) in [5.74, 6) is 0.461. The lowest BCUT2D eigenvalue weighted by Crippen LogP contribution is -1.94. The first-order valence-electron chi connectivity index (χ1n) is 4.75. The molecule has 0 saturated carbocycles. The van der Waals surface area contributed by atoms with Crippen LogP contribution in [0.4, 0.5) is 0 Å². The molecule has 0 aliphatic rings. The van der Waals surface area contributed by atoms with Crippen molar-refractivity contribution in [3.8, 4) is 6.07 Å². The molecule has 0 spiro atoms. The molecule has 1 aromatic rings. The van der Waals surface area contributed by atoms with E-state index in [-0.39, 0.29) is 0 Å². The minimum absolute atomic E-state index is 0.461. The van der Waals surface area contributed by atoms with Gasteiger partial charge in [-0.3, -0.25) is 0 Å². The van der Waals surface area contributed by atoms with E-state index in [1.807, 2.05) is 24.3 Å². The first-order valence-corrected chi connectivity index (χ1v) is 4.75. The van der Waals surface area contributed by atoms with Crippen LogP contribution in [0, 0.1) is 11.3 Å². The van der Waals surface area contributed by atoms with Gasteiger partial charge >= 0.3 is 0 Å². The Balaban J connectivity index is 2.74. The van der Waals surface area contributed by atoms with Gasteiger partial charge in [0.25, 0.3) is 0 Å². The van der Waals surface area contributed by atoms with Crippen LogP contribution in [-0.4, -0.2) is 4.98 Å². The molecule has 0 N–H and O–H groups in total. The maximum atomic E-state index is 8.69. The van der Waals surface area contributed by atoms with Crippen molar-refractivity contribution in [3.05, 3.63) is 42.2 Å². The monoisotopic (exact) mass is 186 g/mol. The molecule has 1 aromatic heterocycles. The van der Waals surface area contributed by atoms with Crippen LogP contribution in [0.1, 0.15) is 36.9 Å². The van der Waals surface area contributed by atoms with E-state index < -0.39 is 0 Å². The average molecular weight is 186 g/mol. The minimum atomic E-state index is 0.461. The third-order valence-corrected chi connectivity index (χ3v) is 2.27. The summed E-state index contributed by atoms with van der Waals surface area (Å²) < 4.78 is 0. The summed E-state index contributed by atoms with van der Waals surface area (Å²) in [5, 5.41) is 8.69. The van der Waals surface area contributed by atoms with Gasteiger partial charge in [-0.05, 0) is 36.5 Å². The Morgan fingerprint density at radius 1 is 1.71 bits per heavy atom. The summed E-state index contributed by atoms with van der Waals surface area (Å²) in [6, 6.07) is 5.87. The summed E-state index contributed by atoms with van der Waals surface area (Å²) in [4.78, 5) is 3.94. The lowest BCUT2D eigenvalue weighted by Gasteiger charge is -2.09. The fourth-order valence-corrected chi connectivity index (χ4v) is 1.35. The average Bonchev–Trinajstić information content (AvgIpc) is 2.26. The van der Waals surface area contributed by atoms with Gasteiger partial charge in [0.2, 0.25) is 0 Å². The van der Waals surface area contributed by atoms with Gasteiger partial charge in [-0.25, -0.2) is 4.98 Å². The second kappa shape index (κ2) is 5.18. The standard InChI is InChI=1S/C12H14N2/c1-3-4-5-10(2)11-6-7-14-12(8-11)9-13/h3,6-8,10H,1,4-5H2,2H3. The van der Waals surface area contributed by atoms with Gasteiger partial charge in [-0.15, -0.1) is 6.58 Å². The van der Waals surface area contributed by atoms with Gasteiger partial charge in [-0.1, -0.05) is 13.0 Å². The van der Waals surface area contributed by atoms with Crippen molar-refractivity contribution in [3.63, 3.8) is 0 Å². The Labute approximate surface area is 84.9 Å². The minimum Gasteiger partial charge on any atom is -0.246 e. The van der Waals surface area contributed by atoms with Crippen molar-refractivity contribution < 1.29 is 0 Å². The van der Waals surface area contributed by atoms with E-state index in [2.05, 4.69) is 18.5 Å². The molecule has 0 amide bonds. The smallest absolute Gasteiger partial charge is 0.140 e. The Kier molecular flexibility index (Phi) is 3.87. The summed E-state index contributed by atoms with van der Waals surface area (Å²) in [6.45, 7) is 5.85. The molecular formula is C12H14N2. The highest BCUT2D eigenvalue weighted by atomic mass is 14.7. The van der Waals surface area contributed by atoms with Gasteiger partial charge in [0.15, 0.2) is 0 Å². The molecule has 0 bridgehead atoms. The predicted molar refractivity (Wildman–Crippen MR) is 56.8 cm³/mol. The lowest BCUT2D eigenvalue weighted by molar-refractivity contribution is 0.690. The highest BCUT2D eigenvalue weighted by Gasteiger charge is 2.05. The summed E-state index contributed by atoms with van der Waals surface area (Å²) >= 11 is 0. The van der Waals surface area contributed by atoms with E-state index in [1.165, 1.54) is 5.56 Å². The number of hydrogen-bond donors (Lipinski definition) is 0. The molecule has 0 radical (unpaired) electrons. The number of nitriles is 1. The van der Waals surface area contributed by atoms with E-state index in [1.54, 1.807) is 6.20 Å². The molecule has 72 valence electrons. The number of pyridine rings is 1. The van der Waals surface area contributed by atoms with Gasteiger partial charge in [0.1, 0.15) is 11.8 Å². The highest BCUT2D eigenvalue weighted by Crippen LogP contribution is 2.20. The molecule has 14 heavy (non-hydrogen) atoms.